The van der Waals surface area contributed by atoms with E-state index in [9.17, 15) is 8.42 Å². The molecular formula is C19H19N5O3S. The second-order valence-corrected chi connectivity index (χ2v) is 8.30. The van der Waals surface area contributed by atoms with Crippen molar-refractivity contribution in [1.82, 2.24) is 19.4 Å². The van der Waals surface area contributed by atoms with Crippen molar-refractivity contribution >= 4 is 32.5 Å². The molecule has 0 fully saturated rings. The SMILES string of the molecule is COc1ccc2nc(NS(C)(=O)=O)c3c(C)nc(-c4ccccc4C)n3c2n1. The summed E-state index contributed by atoms with van der Waals surface area (Å²) in [5.41, 5.74) is 4.21. The normalized spacial score (nSPS) is 11.9. The predicted octanol–water partition coefficient (Wildman–Crippen LogP) is 2.94. The number of benzene rings is 1. The zero-order valence-corrected chi connectivity index (χ0v) is 16.7. The number of aryl methyl sites for hydroxylation is 2. The quantitative estimate of drug-likeness (QED) is 0.568. The van der Waals surface area contributed by atoms with Gasteiger partial charge in [0, 0.05) is 11.6 Å². The van der Waals surface area contributed by atoms with E-state index in [-0.39, 0.29) is 5.82 Å². The number of sulfonamides is 1. The van der Waals surface area contributed by atoms with Crippen molar-refractivity contribution < 1.29 is 13.2 Å². The van der Waals surface area contributed by atoms with Crippen molar-refractivity contribution in [1.29, 1.82) is 0 Å². The summed E-state index contributed by atoms with van der Waals surface area (Å²) in [5.74, 6) is 1.31. The van der Waals surface area contributed by atoms with E-state index >= 15 is 0 Å². The van der Waals surface area contributed by atoms with E-state index in [0.717, 1.165) is 17.4 Å². The number of methoxy groups -OCH3 is 1. The monoisotopic (exact) mass is 397 g/mol. The molecule has 0 radical (unpaired) electrons. The van der Waals surface area contributed by atoms with E-state index in [1.54, 1.807) is 19.2 Å². The highest BCUT2D eigenvalue weighted by molar-refractivity contribution is 7.92. The first-order chi connectivity index (χ1) is 13.3. The van der Waals surface area contributed by atoms with Gasteiger partial charge in [0.25, 0.3) is 0 Å². The van der Waals surface area contributed by atoms with Crippen LogP contribution in [0.15, 0.2) is 36.4 Å². The van der Waals surface area contributed by atoms with Gasteiger partial charge < -0.3 is 4.74 Å². The maximum atomic E-state index is 11.9. The lowest BCUT2D eigenvalue weighted by Gasteiger charge is -2.12. The number of aromatic nitrogens is 4. The maximum absolute atomic E-state index is 11.9. The van der Waals surface area contributed by atoms with Gasteiger partial charge in [-0.1, -0.05) is 24.3 Å². The second kappa shape index (κ2) is 6.45. The van der Waals surface area contributed by atoms with Crippen LogP contribution in [0.4, 0.5) is 5.82 Å². The van der Waals surface area contributed by atoms with Gasteiger partial charge in [0.15, 0.2) is 11.5 Å². The molecule has 0 saturated heterocycles. The van der Waals surface area contributed by atoms with Crippen molar-refractivity contribution in [3.8, 4) is 17.3 Å². The van der Waals surface area contributed by atoms with E-state index < -0.39 is 10.0 Å². The smallest absolute Gasteiger partial charge is 0.231 e. The summed E-state index contributed by atoms with van der Waals surface area (Å²) in [7, 11) is -1.99. The fourth-order valence-corrected chi connectivity index (χ4v) is 3.72. The molecule has 8 nitrogen and oxygen atoms in total. The maximum Gasteiger partial charge on any atom is 0.231 e. The number of imidazole rings is 1. The molecule has 0 aliphatic heterocycles. The minimum absolute atomic E-state index is 0.215. The minimum Gasteiger partial charge on any atom is -0.481 e. The van der Waals surface area contributed by atoms with Gasteiger partial charge in [0.1, 0.15) is 16.9 Å². The van der Waals surface area contributed by atoms with Crippen LogP contribution in [0.5, 0.6) is 5.88 Å². The third kappa shape index (κ3) is 3.03. The standard InChI is InChI=1S/C19H19N5O3S/c1-11-7-5-6-8-13(11)18-20-12(2)16-17(23-28(4,25)26)21-14-9-10-15(27-3)22-19(14)24(16)18/h5-10H,1-4H3,(H,21,23). The van der Waals surface area contributed by atoms with Gasteiger partial charge in [0.2, 0.25) is 15.9 Å². The zero-order valence-electron chi connectivity index (χ0n) is 15.9. The van der Waals surface area contributed by atoms with Gasteiger partial charge >= 0.3 is 0 Å². The number of nitrogens with zero attached hydrogens (tertiary/aromatic N) is 4. The average molecular weight is 397 g/mol. The van der Waals surface area contributed by atoms with Crippen LogP contribution in [0.1, 0.15) is 11.3 Å². The largest absolute Gasteiger partial charge is 0.481 e. The first-order valence-electron chi connectivity index (χ1n) is 8.56. The molecule has 3 aromatic heterocycles. The predicted molar refractivity (Wildman–Crippen MR) is 108 cm³/mol. The lowest BCUT2D eigenvalue weighted by molar-refractivity contribution is 0.399. The van der Waals surface area contributed by atoms with Gasteiger partial charge in [-0.2, -0.15) is 4.98 Å². The molecule has 0 spiro atoms. The van der Waals surface area contributed by atoms with Crippen LogP contribution >= 0.6 is 0 Å². The van der Waals surface area contributed by atoms with Crippen LogP contribution in [0.2, 0.25) is 0 Å². The van der Waals surface area contributed by atoms with E-state index in [4.69, 9.17) is 9.72 Å². The molecule has 0 aliphatic rings. The third-order valence-electron chi connectivity index (χ3n) is 4.43. The Balaban J connectivity index is 2.19. The van der Waals surface area contributed by atoms with Crippen molar-refractivity contribution in [2.45, 2.75) is 13.8 Å². The Morgan fingerprint density at radius 2 is 1.79 bits per heavy atom. The Morgan fingerprint density at radius 3 is 2.46 bits per heavy atom. The number of nitrogens with one attached hydrogen (secondary N) is 1. The summed E-state index contributed by atoms with van der Waals surface area (Å²) in [5, 5.41) is 0. The molecule has 0 bridgehead atoms. The summed E-state index contributed by atoms with van der Waals surface area (Å²) in [6.07, 6.45) is 1.09. The molecule has 144 valence electrons. The second-order valence-electron chi connectivity index (χ2n) is 6.55. The highest BCUT2D eigenvalue weighted by Crippen LogP contribution is 2.32. The summed E-state index contributed by atoms with van der Waals surface area (Å²) >= 11 is 0. The Bertz CT molecular complexity index is 1330. The van der Waals surface area contributed by atoms with Crippen LogP contribution in [-0.4, -0.2) is 41.1 Å². The first-order valence-corrected chi connectivity index (χ1v) is 10.4. The summed E-state index contributed by atoms with van der Waals surface area (Å²) in [4.78, 5) is 13.8. The van der Waals surface area contributed by atoms with Crippen LogP contribution in [0.25, 0.3) is 28.1 Å². The van der Waals surface area contributed by atoms with E-state index in [2.05, 4.69) is 14.7 Å². The molecule has 0 aliphatic carbocycles. The molecule has 1 aromatic carbocycles. The first kappa shape index (κ1) is 18.2. The summed E-state index contributed by atoms with van der Waals surface area (Å²) in [6.45, 7) is 3.82. The van der Waals surface area contributed by atoms with Gasteiger partial charge in [-0.3, -0.25) is 9.12 Å². The number of pyridine rings is 1. The number of hydrogen-bond acceptors (Lipinski definition) is 6. The molecule has 0 amide bonds. The third-order valence-corrected chi connectivity index (χ3v) is 4.99. The molecule has 4 aromatic rings. The number of rotatable bonds is 4. The molecule has 0 atom stereocenters. The van der Waals surface area contributed by atoms with E-state index in [1.165, 1.54) is 0 Å². The number of ether oxygens (including phenoxy) is 1. The Hall–Kier alpha value is -3.20. The molecule has 0 unspecified atom stereocenters. The summed E-state index contributed by atoms with van der Waals surface area (Å²) in [6, 6.07) is 11.3. The van der Waals surface area contributed by atoms with Gasteiger partial charge in [-0.05, 0) is 25.5 Å². The van der Waals surface area contributed by atoms with Crippen molar-refractivity contribution in [2.24, 2.45) is 0 Å². The highest BCUT2D eigenvalue weighted by Gasteiger charge is 2.21. The Morgan fingerprint density at radius 1 is 1.04 bits per heavy atom. The van der Waals surface area contributed by atoms with Crippen LogP contribution in [0, 0.1) is 13.8 Å². The van der Waals surface area contributed by atoms with Crippen LogP contribution < -0.4 is 9.46 Å². The topological polar surface area (TPSA) is 98.5 Å². The molecule has 1 N–H and O–H groups in total. The van der Waals surface area contributed by atoms with E-state index in [0.29, 0.717) is 34.1 Å². The van der Waals surface area contributed by atoms with Crippen molar-refractivity contribution in [2.75, 3.05) is 18.1 Å². The van der Waals surface area contributed by atoms with Gasteiger partial charge in [-0.15, -0.1) is 0 Å². The van der Waals surface area contributed by atoms with Crippen LogP contribution in [0.3, 0.4) is 0 Å². The van der Waals surface area contributed by atoms with Gasteiger partial charge in [-0.25, -0.2) is 18.4 Å². The Labute approximate surface area is 162 Å². The molecule has 9 heteroatoms. The summed E-state index contributed by atoms with van der Waals surface area (Å²) < 4.78 is 33.4. The van der Waals surface area contributed by atoms with Gasteiger partial charge in [0.05, 0.1) is 19.1 Å². The lowest BCUT2D eigenvalue weighted by atomic mass is 10.1. The lowest BCUT2D eigenvalue weighted by Crippen LogP contribution is -2.13. The van der Waals surface area contributed by atoms with Crippen molar-refractivity contribution in [3.63, 3.8) is 0 Å². The average Bonchev–Trinajstić information content (AvgIpc) is 2.98. The van der Waals surface area contributed by atoms with Crippen molar-refractivity contribution in [3.05, 3.63) is 47.7 Å². The fourth-order valence-electron chi connectivity index (χ4n) is 3.23. The number of hydrogen-bond donors (Lipinski definition) is 1. The highest BCUT2D eigenvalue weighted by atomic mass is 32.2. The fraction of sp³-hybridized carbons (Fsp3) is 0.211. The Kier molecular flexibility index (Phi) is 4.19. The number of anilines is 1. The number of fused-ring (bicyclic) bond motifs is 3. The molecule has 3 heterocycles. The molecule has 4 rings (SSSR count). The van der Waals surface area contributed by atoms with Crippen LogP contribution in [-0.2, 0) is 10.0 Å². The zero-order chi connectivity index (χ0) is 20.1. The molecular weight excluding hydrogens is 378 g/mol. The van der Waals surface area contributed by atoms with E-state index in [1.807, 2.05) is 42.5 Å². The molecule has 28 heavy (non-hydrogen) atoms. The minimum atomic E-state index is -3.53. The molecule has 0 saturated carbocycles.